The summed E-state index contributed by atoms with van der Waals surface area (Å²) in [6.45, 7) is 0. The van der Waals surface area contributed by atoms with Gasteiger partial charge in [0.2, 0.25) is 0 Å². The van der Waals surface area contributed by atoms with E-state index in [0.717, 1.165) is 0 Å². The first-order valence-corrected chi connectivity index (χ1v) is 2.52. The molecular formula is C4H9ClN2. The van der Waals surface area contributed by atoms with Crippen molar-refractivity contribution in [3.8, 4) is 0 Å². The quantitative estimate of drug-likeness (QED) is 0.309. The summed E-state index contributed by atoms with van der Waals surface area (Å²) in [4.78, 5) is 1.67. The molecular weight excluding hydrogens is 112 g/mol. The maximum absolute atomic E-state index is 6.99. The zero-order valence-corrected chi connectivity index (χ0v) is 5.29. The van der Waals surface area contributed by atoms with E-state index in [1.54, 1.807) is 19.0 Å². The monoisotopic (exact) mass is 120 g/mol. The molecule has 0 aromatic heterocycles. The fourth-order valence-corrected chi connectivity index (χ4v) is 0.359. The van der Waals surface area contributed by atoms with E-state index < -0.39 is 0 Å². The highest BCUT2D eigenvalue weighted by atomic mass is 35.5. The van der Waals surface area contributed by atoms with Gasteiger partial charge in [0.1, 0.15) is 5.84 Å². The fraction of sp³-hybridized carbons (Fsp3) is 0.750. The predicted molar refractivity (Wildman–Crippen MR) is 32.1 cm³/mol. The van der Waals surface area contributed by atoms with Crippen LogP contribution in [0.5, 0.6) is 0 Å². The Hall–Kier alpha value is -0.240. The van der Waals surface area contributed by atoms with Gasteiger partial charge >= 0.3 is 0 Å². The molecule has 0 bridgehead atoms. The van der Waals surface area contributed by atoms with Crippen molar-refractivity contribution in [3.05, 3.63) is 0 Å². The molecule has 0 rings (SSSR count). The Morgan fingerprint density at radius 1 is 1.71 bits per heavy atom. The molecule has 0 saturated carbocycles. The van der Waals surface area contributed by atoms with E-state index in [4.69, 9.17) is 17.0 Å². The van der Waals surface area contributed by atoms with Gasteiger partial charge in [-0.3, -0.25) is 5.41 Å². The number of hydrogen-bond acceptors (Lipinski definition) is 1. The van der Waals surface area contributed by atoms with Crippen LogP contribution in [0.25, 0.3) is 0 Å². The van der Waals surface area contributed by atoms with Gasteiger partial charge in [-0.25, -0.2) is 0 Å². The second-order valence-corrected chi connectivity index (χ2v) is 1.74. The van der Waals surface area contributed by atoms with Crippen molar-refractivity contribution >= 4 is 17.4 Å². The van der Waals surface area contributed by atoms with Crippen molar-refractivity contribution in [2.45, 2.75) is 0 Å². The van der Waals surface area contributed by atoms with E-state index >= 15 is 0 Å². The molecule has 0 radical (unpaired) electrons. The minimum atomic E-state index is 0.299. The zero-order chi connectivity index (χ0) is 5.86. The average molecular weight is 121 g/mol. The molecule has 0 aromatic rings. The smallest absolute Gasteiger partial charge is 0.110 e. The number of alkyl halides is 1. The lowest BCUT2D eigenvalue weighted by Gasteiger charge is -2.08. The molecule has 3 heteroatoms. The third-order valence-electron chi connectivity index (χ3n) is 0.666. The van der Waals surface area contributed by atoms with Crippen LogP contribution in [-0.2, 0) is 0 Å². The lowest BCUT2D eigenvalue weighted by molar-refractivity contribution is 0.614. The van der Waals surface area contributed by atoms with E-state index in [1.807, 2.05) is 0 Å². The topological polar surface area (TPSA) is 27.1 Å². The molecule has 0 saturated heterocycles. The molecule has 7 heavy (non-hydrogen) atoms. The highest BCUT2D eigenvalue weighted by Crippen LogP contribution is 1.81. The van der Waals surface area contributed by atoms with Gasteiger partial charge in [-0.2, -0.15) is 0 Å². The van der Waals surface area contributed by atoms with Gasteiger partial charge in [-0.05, 0) is 0 Å². The van der Waals surface area contributed by atoms with Gasteiger partial charge < -0.3 is 4.90 Å². The van der Waals surface area contributed by atoms with Crippen LogP contribution in [0.1, 0.15) is 0 Å². The molecule has 0 amide bonds. The minimum Gasteiger partial charge on any atom is -0.366 e. The second kappa shape index (κ2) is 2.86. The highest BCUT2D eigenvalue weighted by Gasteiger charge is 1.91. The Labute approximate surface area is 48.6 Å². The average Bonchev–Trinajstić information content (AvgIpc) is 1.65. The van der Waals surface area contributed by atoms with E-state index in [2.05, 4.69) is 0 Å². The summed E-state index contributed by atoms with van der Waals surface area (Å²) in [5, 5.41) is 6.99. The van der Waals surface area contributed by atoms with Crippen molar-refractivity contribution in [1.29, 1.82) is 5.41 Å². The standard InChI is InChI=1S/C4H9ClN2/c1-7(2)4(6)3-5/h6H,3H2,1-2H3. The van der Waals surface area contributed by atoms with Crippen LogP contribution in [0.2, 0.25) is 0 Å². The molecule has 2 nitrogen and oxygen atoms in total. The summed E-state index contributed by atoms with van der Waals surface area (Å²) >= 11 is 5.28. The number of nitrogens with one attached hydrogen (secondary N) is 1. The zero-order valence-electron chi connectivity index (χ0n) is 4.53. The number of hydrogen-bond donors (Lipinski definition) is 1. The summed E-state index contributed by atoms with van der Waals surface area (Å²) < 4.78 is 0. The van der Waals surface area contributed by atoms with Gasteiger partial charge in [0.25, 0.3) is 0 Å². The SMILES string of the molecule is CN(C)C(=N)CCl. The Kier molecular flexibility index (Phi) is 2.76. The van der Waals surface area contributed by atoms with Crippen molar-refractivity contribution in [2.24, 2.45) is 0 Å². The maximum atomic E-state index is 6.99. The highest BCUT2D eigenvalue weighted by molar-refractivity contribution is 6.27. The van der Waals surface area contributed by atoms with Crippen molar-refractivity contribution < 1.29 is 0 Å². The van der Waals surface area contributed by atoms with E-state index in [9.17, 15) is 0 Å². The summed E-state index contributed by atoms with van der Waals surface area (Å²) in [5.41, 5.74) is 0. The molecule has 0 heterocycles. The molecule has 0 unspecified atom stereocenters. The molecule has 0 aliphatic heterocycles. The van der Waals surface area contributed by atoms with Crippen LogP contribution >= 0.6 is 11.6 Å². The Morgan fingerprint density at radius 2 is 2.14 bits per heavy atom. The molecule has 0 aliphatic carbocycles. The first kappa shape index (κ1) is 6.76. The molecule has 0 fully saturated rings. The van der Waals surface area contributed by atoms with Gasteiger partial charge in [0.05, 0.1) is 5.88 Å². The van der Waals surface area contributed by atoms with E-state index in [1.165, 1.54) is 0 Å². The normalized spacial score (nSPS) is 8.43. The Morgan fingerprint density at radius 3 is 2.14 bits per heavy atom. The third-order valence-corrected chi connectivity index (χ3v) is 0.920. The number of amidine groups is 1. The van der Waals surface area contributed by atoms with Gasteiger partial charge in [-0.15, -0.1) is 11.6 Å². The summed E-state index contributed by atoms with van der Waals surface area (Å²) in [6.07, 6.45) is 0. The third kappa shape index (κ3) is 2.45. The van der Waals surface area contributed by atoms with Crippen LogP contribution < -0.4 is 0 Å². The van der Waals surface area contributed by atoms with Crippen LogP contribution in [-0.4, -0.2) is 30.7 Å². The first-order chi connectivity index (χ1) is 3.18. The van der Waals surface area contributed by atoms with Crippen LogP contribution in [0.4, 0.5) is 0 Å². The van der Waals surface area contributed by atoms with E-state index in [-0.39, 0.29) is 0 Å². The molecule has 42 valence electrons. The summed E-state index contributed by atoms with van der Waals surface area (Å²) in [6, 6.07) is 0. The number of nitrogens with zero attached hydrogens (tertiary/aromatic N) is 1. The van der Waals surface area contributed by atoms with E-state index in [0.29, 0.717) is 11.7 Å². The maximum Gasteiger partial charge on any atom is 0.110 e. The molecule has 0 spiro atoms. The summed E-state index contributed by atoms with van der Waals surface area (Å²) in [7, 11) is 3.59. The van der Waals surface area contributed by atoms with Crippen LogP contribution in [0, 0.1) is 5.41 Å². The van der Waals surface area contributed by atoms with Crippen molar-refractivity contribution in [3.63, 3.8) is 0 Å². The van der Waals surface area contributed by atoms with Gasteiger partial charge in [0.15, 0.2) is 0 Å². The van der Waals surface area contributed by atoms with Crippen molar-refractivity contribution in [2.75, 3.05) is 20.0 Å². The molecule has 0 atom stereocenters. The van der Waals surface area contributed by atoms with Gasteiger partial charge in [0, 0.05) is 14.1 Å². The Bertz CT molecular complexity index is 70.1. The number of halogens is 1. The van der Waals surface area contributed by atoms with Crippen LogP contribution in [0.3, 0.4) is 0 Å². The summed E-state index contributed by atoms with van der Waals surface area (Å²) in [5.74, 6) is 0.745. The molecule has 0 aromatic carbocycles. The first-order valence-electron chi connectivity index (χ1n) is 1.99. The lowest BCUT2D eigenvalue weighted by Crippen LogP contribution is -2.21. The van der Waals surface area contributed by atoms with Crippen molar-refractivity contribution in [1.82, 2.24) is 4.90 Å². The molecule has 0 aliphatic rings. The minimum absolute atomic E-state index is 0.299. The van der Waals surface area contributed by atoms with Crippen LogP contribution in [0.15, 0.2) is 0 Å². The number of rotatable bonds is 1. The molecule has 1 N–H and O–H groups in total. The fourth-order valence-electron chi connectivity index (χ4n) is 0.120. The Balaban J connectivity index is 3.35. The lowest BCUT2D eigenvalue weighted by atomic mass is 10.6. The largest absolute Gasteiger partial charge is 0.366 e. The second-order valence-electron chi connectivity index (χ2n) is 1.47. The predicted octanol–water partition coefficient (Wildman–Crippen LogP) is 0.764. The van der Waals surface area contributed by atoms with Gasteiger partial charge in [-0.1, -0.05) is 0 Å².